The van der Waals surface area contributed by atoms with E-state index in [1.54, 1.807) is 0 Å². The van der Waals surface area contributed by atoms with Gasteiger partial charge in [-0.05, 0) is 50.6 Å². The number of rotatable bonds is 16. The molecule has 3 atom stereocenters. The Kier molecular flexibility index (Phi) is 14.0. The predicted octanol–water partition coefficient (Wildman–Crippen LogP) is 7.94. The highest BCUT2D eigenvalue weighted by atomic mass is 15.1. The van der Waals surface area contributed by atoms with E-state index in [1.807, 2.05) is 0 Å². The minimum Gasteiger partial charge on any atom is -0.304 e. The third kappa shape index (κ3) is 10.6. The Balaban J connectivity index is 4.31. The van der Waals surface area contributed by atoms with Crippen molar-refractivity contribution in [1.82, 2.24) is 4.90 Å². The summed E-state index contributed by atoms with van der Waals surface area (Å²) in [6.45, 7) is 18.0. The Hall–Kier alpha value is -0.0400. The standard InChI is InChI=1S/C24H51N/c1-9-12-14-17-21(4)18-15-13-16-19-23(22(5)25(8)11-3)24(6,7)20-10-2/h21-23H,9-20H2,1-8H3. The Bertz CT molecular complexity index is 296. The molecule has 25 heavy (non-hydrogen) atoms. The van der Waals surface area contributed by atoms with Gasteiger partial charge in [-0.2, -0.15) is 0 Å². The highest BCUT2D eigenvalue weighted by Crippen LogP contribution is 2.39. The lowest BCUT2D eigenvalue weighted by Gasteiger charge is -2.42. The average Bonchev–Trinajstić information content (AvgIpc) is 2.56. The van der Waals surface area contributed by atoms with Crippen LogP contribution >= 0.6 is 0 Å². The van der Waals surface area contributed by atoms with Gasteiger partial charge in [-0.1, -0.05) is 99.3 Å². The first-order valence-electron chi connectivity index (χ1n) is 11.5. The zero-order valence-corrected chi connectivity index (χ0v) is 19.2. The van der Waals surface area contributed by atoms with Crippen molar-refractivity contribution in [3.05, 3.63) is 0 Å². The fourth-order valence-electron chi connectivity index (χ4n) is 4.63. The van der Waals surface area contributed by atoms with Crippen LogP contribution in [0.5, 0.6) is 0 Å². The molecule has 0 fully saturated rings. The number of hydrogen-bond donors (Lipinski definition) is 0. The summed E-state index contributed by atoms with van der Waals surface area (Å²) in [7, 11) is 2.30. The summed E-state index contributed by atoms with van der Waals surface area (Å²) >= 11 is 0. The number of nitrogens with zero attached hydrogens (tertiary/aromatic N) is 1. The molecule has 1 nitrogen and oxygen atoms in total. The Morgan fingerprint density at radius 1 is 0.760 bits per heavy atom. The Morgan fingerprint density at radius 3 is 1.84 bits per heavy atom. The second kappa shape index (κ2) is 14.1. The molecule has 0 N–H and O–H groups in total. The number of unbranched alkanes of at least 4 members (excludes halogenated alkanes) is 4. The summed E-state index contributed by atoms with van der Waals surface area (Å²) in [5, 5.41) is 0. The maximum absolute atomic E-state index is 2.55. The van der Waals surface area contributed by atoms with E-state index in [0.717, 1.165) is 18.4 Å². The molecule has 0 saturated carbocycles. The molecule has 0 radical (unpaired) electrons. The van der Waals surface area contributed by atoms with E-state index in [0.29, 0.717) is 11.5 Å². The van der Waals surface area contributed by atoms with Crippen LogP contribution in [0.1, 0.15) is 119 Å². The van der Waals surface area contributed by atoms with Crippen LogP contribution in [0.25, 0.3) is 0 Å². The van der Waals surface area contributed by atoms with Gasteiger partial charge in [0.2, 0.25) is 0 Å². The molecule has 0 amide bonds. The van der Waals surface area contributed by atoms with E-state index < -0.39 is 0 Å². The van der Waals surface area contributed by atoms with Gasteiger partial charge in [0.15, 0.2) is 0 Å². The van der Waals surface area contributed by atoms with Crippen molar-refractivity contribution < 1.29 is 0 Å². The second-order valence-electron chi connectivity index (χ2n) is 9.40. The highest BCUT2D eigenvalue weighted by molar-refractivity contribution is 4.85. The fourth-order valence-corrected chi connectivity index (χ4v) is 4.63. The zero-order chi connectivity index (χ0) is 19.3. The first-order valence-corrected chi connectivity index (χ1v) is 11.5. The molecule has 152 valence electrons. The molecule has 0 aromatic heterocycles. The van der Waals surface area contributed by atoms with Crippen molar-refractivity contribution in [1.29, 1.82) is 0 Å². The van der Waals surface area contributed by atoms with Crippen molar-refractivity contribution >= 4 is 0 Å². The lowest BCUT2D eigenvalue weighted by molar-refractivity contribution is 0.0782. The molecule has 0 heterocycles. The van der Waals surface area contributed by atoms with Crippen LogP contribution in [0.15, 0.2) is 0 Å². The van der Waals surface area contributed by atoms with Gasteiger partial charge in [0.25, 0.3) is 0 Å². The van der Waals surface area contributed by atoms with Crippen LogP contribution in [-0.2, 0) is 0 Å². The fraction of sp³-hybridized carbons (Fsp3) is 1.00. The van der Waals surface area contributed by atoms with Gasteiger partial charge in [-0.25, -0.2) is 0 Å². The van der Waals surface area contributed by atoms with Crippen LogP contribution < -0.4 is 0 Å². The Labute approximate surface area is 161 Å². The molecular weight excluding hydrogens is 302 g/mol. The predicted molar refractivity (Wildman–Crippen MR) is 116 cm³/mol. The first-order chi connectivity index (χ1) is 11.8. The van der Waals surface area contributed by atoms with Crippen molar-refractivity contribution in [2.24, 2.45) is 17.3 Å². The van der Waals surface area contributed by atoms with Gasteiger partial charge < -0.3 is 4.90 Å². The van der Waals surface area contributed by atoms with Crippen molar-refractivity contribution in [2.75, 3.05) is 13.6 Å². The normalized spacial score (nSPS) is 16.2. The molecule has 0 aromatic rings. The molecule has 0 spiro atoms. The van der Waals surface area contributed by atoms with E-state index in [2.05, 4.69) is 60.4 Å². The topological polar surface area (TPSA) is 3.24 Å². The van der Waals surface area contributed by atoms with Crippen LogP contribution in [0.3, 0.4) is 0 Å². The molecule has 0 aliphatic heterocycles. The van der Waals surface area contributed by atoms with Gasteiger partial charge in [0, 0.05) is 6.04 Å². The van der Waals surface area contributed by atoms with Crippen LogP contribution in [0, 0.1) is 17.3 Å². The second-order valence-corrected chi connectivity index (χ2v) is 9.40. The molecule has 3 unspecified atom stereocenters. The molecular formula is C24H51N. The summed E-state index contributed by atoms with van der Waals surface area (Å²) in [6, 6.07) is 0.694. The minimum atomic E-state index is 0.463. The maximum atomic E-state index is 2.55. The van der Waals surface area contributed by atoms with Gasteiger partial charge >= 0.3 is 0 Å². The minimum absolute atomic E-state index is 0.463. The van der Waals surface area contributed by atoms with Gasteiger partial charge in [0.05, 0.1) is 0 Å². The van der Waals surface area contributed by atoms with Gasteiger partial charge in [-0.15, -0.1) is 0 Å². The molecule has 0 rings (SSSR count). The first kappa shape index (κ1) is 25.0. The zero-order valence-electron chi connectivity index (χ0n) is 19.2. The Morgan fingerprint density at radius 2 is 1.32 bits per heavy atom. The van der Waals surface area contributed by atoms with E-state index in [1.165, 1.54) is 70.6 Å². The smallest absolute Gasteiger partial charge is 0.00971 e. The number of hydrogen-bond acceptors (Lipinski definition) is 1. The van der Waals surface area contributed by atoms with Crippen molar-refractivity contribution in [3.63, 3.8) is 0 Å². The summed E-state index contributed by atoms with van der Waals surface area (Å²) in [6.07, 6.45) is 15.4. The summed E-state index contributed by atoms with van der Waals surface area (Å²) in [5.41, 5.74) is 0.463. The third-order valence-electron chi connectivity index (χ3n) is 6.69. The van der Waals surface area contributed by atoms with Gasteiger partial charge in [-0.3, -0.25) is 0 Å². The molecule has 1 heteroatoms. The summed E-state index contributed by atoms with van der Waals surface area (Å²) < 4.78 is 0. The largest absolute Gasteiger partial charge is 0.304 e. The molecule has 0 aliphatic rings. The van der Waals surface area contributed by atoms with Crippen LogP contribution in [0.2, 0.25) is 0 Å². The third-order valence-corrected chi connectivity index (χ3v) is 6.69. The summed E-state index contributed by atoms with van der Waals surface area (Å²) in [4.78, 5) is 2.55. The van der Waals surface area contributed by atoms with Crippen LogP contribution in [-0.4, -0.2) is 24.5 Å². The van der Waals surface area contributed by atoms with Crippen molar-refractivity contribution in [2.45, 2.75) is 125 Å². The monoisotopic (exact) mass is 353 g/mol. The van der Waals surface area contributed by atoms with E-state index in [-0.39, 0.29) is 0 Å². The van der Waals surface area contributed by atoms with Crippen molar-refractivity contribution in [3.8, 4) is 0 Å². The molecule has 0 aromatic carbocycles. The molecule has 0 aliphatic carbocycles. The van der Waals surface area contributed by atoms with E-state index in [4.69, 9.17) is 0 Å². The summed E-state index contributed by atoms with van der Waals surface area (Å²) in [5.74, 6) is 1.75. The quantitative estimate of drug-likeness (QED) is 0.254. The highest BCUT2D eigenvalue weighted by Gasteiger charge is 2.33. The lowest BCUT2D eigenvalue weighted by Crippen LogP contribution is -2.42. The maximum Gasteiger partial charge on any atom is 0.00971 e. The van der Waals surface area contributed by atoms with E-state index in [9.17, 15) is 0 Å². The van der Waals surface area contributed by atoms with Crippen LogP contribution in [0.4, 0.5) is 0 Å². The van der Waals surface area contributed by atoms with Gasteiger partial charge in [0.1, 0.15) is 0 Å². The van der Waals surface area contributed by atoms with E-state index >= 15 is 0 Å². The molecule has 0 bridgehead atoms. The SMILES string of the molecule is CCCCCC(C)CCCCCC(C(C)N(C)CC)C(C)(C)CCC. The lowest BCUT2D eigenvalue weighted by atomic mass is 9.69. The average molecular weight is 354 g/mol. The molecule has 0 saturated heterocycles.